The van der Waals surface area contributed by atoms with Gasteiger partial charge in [0.05, 0.1) is 23.8 Å². The Morgan fingerprint density at radius 3 is 2.54 bits per heavy atom. The molecule has 1 saturated heterocycles. The normalized spacial score (nSPS) is 20.1. The molecule has 10 heteroatoms. The van der Waals surface area contributed by atoms with Gasteiger partial charge in [0.1, 0.15) is 5.82 Å². The number of ether oxygens (including phenoxy) is 1. The van der Waals surface area contributed by atoms with E-state index >= 15 is 0 Å². The molecule has 39 heavy (non-hydrogen) atoms. The first-order chi connectivity index (χ1) is 18.7. The van der Waals surface area contributed by atoms with Gasteiger partial charge in [-0.15, -0.1) is 6.58 Å². The molecule has 2 aromatic carbocycles. The molecule has 206 valence electrons. The minimum atomic E-state index is -0.730. The lowest BCUT2D eigenvalue weighted by molar-refractivity contribution is -0.139. The summed E-state index contributed by atoms with van der Waals surface area (Å²) in [5, 5.41) is 3.46. The Bertz CT molecular complexity index is 1280. The number of benzene rings is 2. The molecule has 1 fully saturated rings. The molecular weight excluding hydrogens is 523 g/mol. The number of esters is 1. The summed E-state index contributed by atoms with van der Waals surface area (Å²) in [6, 6.07) is 11.6. The van der Waals surface area contributed by atoms with Crippen LogP contribution in [0.2, 0.25) is 5.02 Å². The monoisotopic (exact) mass is 554 g/mol. The summed E-state index contributed by atoms with van der Waals surface area (Å²) in [5.41, 5.74) is 1.58. The Hall–Kier alpha value is -3.69. The van der Waals surface area contributed by atoms with Crippen LogP contribution in [0, 0.1) is 5.82 Å². The van der Waals surface area contributed by atoms with Gasteiger partial charge in [-0.3, -0.25) is 14.6 Å². The molecule has 2 atom stereocenters. The minimum Gasteiger partial charge on any atom is -0.463 e. The highest BCUT2D eigenvalue weighted by atomic mass is 35.5. The van der Waals surface area contributed by atoms with E-state index in [0.29, 0.717) is 41.5 Å². The van der Waals surface area contributed by atoms with E-state index in [-0.39, 0.29) is 43.2 Å². The molecule has 0 radical (unpaired) electrons. The summed E-state index contributed by atoms with van der Waals surface area (Å²) >= 11 is 6.08. The van der Waals surface area contributed by atoms with Crippen molar-refractivity contribution in [1.29, 1.82) is 0 Å². The fourth-order valence-corrected chi connectivity index (χ4v) is 5.16. The standard InChI is InChI=1S/C29H32ClFN4O4/c1-4-14-35-24(18-33-15-16-34(19(3)17-33)27(36)22-8-6-7-9-23(22)31)25(28(37)39-5-2)26(32-29(35)38)20-10-12-21(30)13-11-20/h4,6-13,19,26H,1,5,14-18H2,2-3H3,(H,32,38). The number of rotatable bonds is 8. The molecule has 0 aliphatic carbocycles. The van der Waals surface area contributed by atoms with Crippen LogP contribution in [0.1, 0.15) is 35.8 Å². The van der Waals surface area contributed by atoms with Crippen molar-refractivity contribution < 1.29 is 23.5 Å². The number of hydrogen-bond donors (Lipinski definition) is 1. The van der Waals surface area contributed by atoms with E-state index in [1.165, 1.54) is 17.0 Å². The lowest BCUT2D eigenvalue weighted by Gasteiger charge is -2.43. The maximum atomic E-state index is 14.3. The molecule has 4 rings (SSSR count). The van der Waals surface area contributed by atoms with Gasteiger partial charge < -0.3 is 15.0 Å². The molecular formula is C29H32ClFN4O4. The second-order valence-corrected chi connectivity index (χ2v) is 9.91. The van der Waals surface area contributed by atoms with E-state index in [4.69, 9.17) is 16.3 Å². The zero-order valence-corrected chi connectivity index (χ0v) is 22.8. The van der Waals surface area contributed by atoms with Crippen molar-refractivity contribution in [3.05, 3.63) is 94.4 Å². The molecule has 0 spiro atoms. The minimum absolute atomic E-state index is 0.0389. The van der Waals surface area contributed by atoms with Crippen molar-refractivity contribution in [2.75, 3.05) is 39.3 Å². The Morgan fingerprint density at radius 1 is 1.18 bits per heavy atom. The third kappa shape index (κ3) is 6.15. The Morgan fingerprint density at radius 2 is 1.90 bits per heavy atom. The molecule has 8 nitrogen and oxygen atoms in total. The van der Waals surface area contributed by atoms with Crippen LogP contribution in [-0.2, 0) is 9.53 Å². The quantitative estimate of drug-likeness (QED) is 0.386. The number of piperazine rings is 1. The zero-order chi connectivity index (χ0) is 28.1. The lowest BCUT2D eigenvalue weighted by atomic mass is 9.94. The van der Waals surface area contributed by atoms with Gasteiger partial charge in [0.2, 0.25) is 0 Å². The van der Waals surface area contributed by atoms with Crippen molar-refractivity contribution in [3.8, 4) is 0 Å². The van der Waals surface area contributed by atoms with Gasteiger partial charge in [-0.1, -0.05) is 41.9 Å². The SMILES string of the molecule is C=CCN1C(=O)NC(c2ccc(Cl)cc2)C(C(=O)OCC)=C1CN1CCN(C(=O)c2ccccc2F)C(C)C1. The van der Waals surface area contributed by atoms with Crippen LogP contribution >= 0.6 is 11.6 Å². The number of carbonyl (C=O) groups is 3. The van der Waals surface area contributed by atoms with Crippen LogP contribution in [0.5, 0.6) is 0 Å². The van der Waals surface area contributed by atoms with E-state index in [1.807, 2.05) is 6.92 Å². The Labute approximate surface area is 232 Å². The van der Waals surface area contributed by atoms with Gasteiger partial charge in [0.25, 0.3) is 5.91 Å². The molecule has 0 bridgehead atoms. The number of nitrogens with one attached hydrogen (secondary N) is 1. The topological polar surface area (TPSA) is 82.2 Å². The summed E-state index contributed by atoms with van der Waals surface area (Å²) < 4.78 is 19.7. The van der Waals surface area contributed by atoms with Gasteiger partial charge >= 0.3 is 12.0 Å². The average molecular weight is 555 g/mol. The Kier molecular flexibility index (Phi) is 9.04. The van der Waals surface area contributed by atoms with Crippen LogP contribution in [0.25, 0.3) is 0 Å². The largest absolute Gasteiger partial charge is 0.463 e. The third-order valence-electron chi connectivity index (χ3n) is 6.90. The van der Waals surface area contributed by atoms with Crippen LogP contribution in [0.3, 0.4) is 0 Å². The van der Waals surface area contributed by atoms with E-state index in [0.717, 1.165) is 0 Å². The van der Waals surface area contributed by atoms with Crippen molar-refractivity contribution >= 4 is 29.5 Å². The van der Waals surface area contributed by atoms with Crippen molar-refractivity contribution in [2.24, 2.45) is 0 Å². The van der Waals surface area contributed by atoms with E-state index < -0.39 is 17.8 Å². The summed E-state index contributed by atoms with van der Waals surface area (Å²) in [6.45, 7) is 9.35. The lowest BCUT2D eigenvalue weighted by Crippen LogP contribution is -2.56. The molecule has 3 amide bonds. The van der Waals surface area contributed by atoms with Crippen LogP contribution in [-0.4, -0.2) is 78.0 Å². The molecule has 2 heterocycles. The van der Waals surface area contributed by atoms with Crippen LogP contribution < -0.4 is 5.32 Å². The number of nitrogens with zero attached hydrogens (tertiary/aromatic N) is 3. The number of amides is 3. The molecule has 2 unspecified atom stereocenters. The molecule has 2 aliphatic rings. The second kappa shape index (κ2) is 12.4. The van der Waals surface area contributed by atoms with Crippen molar-refractivity contribution in [2.45, 2.75) is 25.9 Å². The molecule has 2 aromatic rings. The highest BCUT2D eigenvalue weighted by molar-refractivity contribution is 6.30. The summed E-state index contributed by atoms with van der Waals surface area (Å²) in [6.07, 6.45) is 1.60. The van der Waals surface area contributed by atoms with E-state index in [9.17, 15) is 18.8 Å². The molecule has 1 N–H and O–H groups in total. The first kappa shape index (κ1) is 28.3. The highest BCUT2D eigenvalue weighted by Crippen LogP contribution is 2.33. The summed E-state index contributed by atoms with van der Waals surface area (Å²) in [4.78, 5) is 44.9. The number of carbonyl (C=O) groups excluding carboxylic acids is 3. The zero-order valence-electron chi connectivity index (χ0n) is 22.0. The van der Waals surface area contributed by atoms with Crippen molar-refractivity contribution in [1.82, 2.24) is 20.0 Å². The van der Waals surface area contributed by atoms with Crippen LogP contribution in [0.4, 0.5) is 9.18 Å². The average Bonchev–Trinajstić information content (AvgIpc) is 2.91. The predicted octanol–water partition coefficient (Wildman–Crippen LogP) is 4.40. The van der Waals surface area contributed by atoms with Gasteiger partial charge in [-0.05, 0) is 43.7 Å². The van der Waals surface area contributed by atoms with Gasteiger partial charge in [0, 0.05) is 49.5 Å². The number of halogens is 2. The van der Waals surface area contributed by atoms with Crippen molar-refractivity contribution in [3.63, 3.8) is 0 Å². The maximum Gasteiger partial charge on any atom is 0.338 e. The van der Waals surface area contributed by atoms with E-state index in [2.05, 4.69) is 16.8 Å². The third-order valence-corrected chi connectivity index (χ3v) is 7.15. The van der Waals surface area contributed by atoms with E-state index in [1.54, 1.807) is 54.3 Å². The molecule has 0 saturated carbocycles. The molecule has 0 aromatic heterocycles. The summed E-state index contributed by atoms with van der Waals surface area (Å²) in [7, 11) is 0. The van der Waals surface area contributed by atoms with Crippen LogP contribution in [0.15, 0.2) is 72.5 Å². The number of hydrogen-bond acceptors (Lipinski definition) is 5. The van der Waals surface area contributed by atoms with Gasteiger partial charge in [-0.25, -0.2) is 14.0 Å². The smallest absolute Gasteiger partial charge is 0.338 e. The molecule has 2 aliphatic heterocycles. The second-order valence-electron chi connectivity index (χ2n) is 9.48. The first-order valence-corrected chi connectivity index (χ1v) is 13.2. The predicted molar refractivity (Wildman–Crippen MR) is 147 cm³/mol. The number of urea groups is 1. The fourth-order valence-electron chi connectivity index (χ4n) is 5.03. The van der Waals surface area contributed by atoms with Gasteiger partial charge in [-0.2, -0.15) is 0 Å². The first-order valence-electron chi connectivity index (χ1n) is 12.9. The Balaban J connectivity index is 1.65. The maximum absolute atomic E-state index is 14.3. The van der Waals surface area contributed by atoms with Gasteiger partial charge in [0.15, 0.2) is 0 Å². The summed E-state index contributed by atoms with van der Waals surface area (Å²) in [5.74, 6) is -1.44. The fraction of sp³-hybridized carbons (Fsp3) is 0.345. The highest BCUT2D eigenvalue weighted by Gasteiger charge is 2.39.